The van der Waals surface area contributed by atoms with E-state index in [4.69, 9.17) is 11.6 Å². The summed E-state index contributed by atoms with van der Waals surface area (Å²) in [6.07, 6.45) is 2.58. The molecule has 2 aromatic carbocycles. The largest absolute Gasteiger partial charge is 0.324 e. The molecule has 1 aliphatic rings. The first-order valence-electron chi connectivity index (χ1n) is 8.79. The monoisotopic (exact) mass is 397 g/mol. The van der Waals surface area contributed by atoms with Gasteiger partial charge in [-0.3, -0.25) is 9.48 Å². The molecule has 2 heterocycles. The number of benzene rings is 2. The molecule has 0 aliphatic carbocycles. The fraction of sp³-hybridized carbons (Fsp3) is 0.190. The molecule has 0 radical (unpaired) electrons. The highest BCUT2D eigenvalue weighted by atomic mass is 35.5. The Morgan fingerprint density at radius 2 is 2.11 bits per heavy atom. The van der Waals surface area contributed by atoms with Crippen LogP contribution in [0, 0.1) is 5.82 Å². The average molecular weight is 398 g/mol. The van der Waals surface area contributed by atoms with E-state index in [1.54, 1.807) is 36.1 Å². The molecule has 5 nitrogen and oxygen atoms in total. The van der Waals surface area contributed by atoms with E-state index >= 15 is 0 Å². The van der Waals surface area contributed by atoms with E-state index in [9.17, 15) is 14.0 Å². The van der Waals surface area contributed by atoms with Crippen molar-refractivity contribution < 1.29 is 14.0 Å². The summed E-state index contributed by atoms with van der Waals surface area (Å²) in [6.45, 7) is 0.316. The lowest BCUT2D eigenvalue weighted by Crippen LogP contribution is -2.38. The van der Waals surface area contributed by atoms with Gasteiger partial charge in [0.25, 0.3) is 5.91 Å². The Balaban J connectivity index is 1.62. The van der Waals surface area contributed by atoms with Crippen molar-refractivity contribution in [2.45, 2.75) is 19.0 Å². The molecular formula is C21H17ClFN3O2. The van der Waals surface area contributed by atoms with Crippen molar-refractivity contribution in [1.29, 1.82) is 0 Å². The molecule has 1 amide bonds. The normalized spacial score (nSPS) is 14.2. The van der Waals surface area contributed by atoms with E-state index < -0.39 is 6.04 Å². The van der Waals surface area contributed by atoms with E-state index in [1.807, 2.05) is 12.1 Å². The summed E-state index contributed by atoms with van der Waals surface area (Å²) in [4.78, 5) is 26.1. The van der Waals surface area contributed by atoms with Gasteiger partial charge in [0.1, 0.15) is 12.1 Å². The molecular weight excluding hydrogens is 381 g/mol. The molecule has 1 atom stereocenters. The van der Waals surface area contributed by atoms with Crippen LogP contribution in [0.5, 0.6) is 0 Å². The first-order chi connectivity index (χ1) is 13.5. The van der Waals surface area contributed by atoms with Crippen LogP contribution in [-0.4, -0.2) is 32.9 Å². The SMILES string of the molecule is Cn1ncc(Cl)c1-c1ccc2c(c1)CN([C@H](C=O)Cc1cccc(F)c1)C2=O. The molecule has 28 heavy (non-hydrogen) atoms. The van der Waals surface area contributed by atoms with Gasteiger partial charge in [0.2, 0.25) is 0 Å². The van der Waals surface area contributed by atoms with Crippen molar-refractivity contribution in [3.8, 4) is 11.3 Å². The van der Waals surface area contributed by atoms with Gasteiger partial charge in [-0.15, -0.1) is 0 Å². The van der Waals surface area contributed by atoms with E-state index in [0.29, 0.717) is 22.7 Å². The summed E-state index contributed by atoms with van der Waals surface area (Å²) in [7, 11) is 1.80. The number of carbonyl (C=O) groups excluding carboxylic acids is 2. The van der Waals surface area contributed by atoms with Crippen LogP contribution in [0.25, 0.3) is 11.3 Å². The van der Waals surface area contributed by atoms with Crippen molar-refractivity contribution >= 4 is 23.8 Å². The number of carbonyl (C=O) groups is 2. The van der Waals surface area contributed by atoms with Crippen LogP contribution in [0.4, 0.5) is 4.39 Å². The maximum atomic E-state index is 13.4. The lowest BCUT2D eigenvalue weighted by atomic mass is 10.0. The Hall–Kier alpha value is -2.99. The van der Waals surface area contributed by atoms with Gasteiger partial charge in [0.05, 0.1) is 23.0 Å². The summed E-state index contributed by atoms with van der Waals surface area (Å²) in [5.74, 6) is -0.568. The van der Waals surface area contributed by atoms with E-state index in [2.05, 4.69) is 5.10 Å². The first kappa shape index (κ1) is 18.4. The lowest BCUT2D eigenvalue weighted by Gasteiger charge is -2.23. The third-order valence-electron chi connectivity index (χ3n) is 5.00. The van der Waals surface area contributed by atoms with Crippen LogP contribution in [-0.2, 0) is 24.8 Å². The lowest BCUT2D eigenvalue weighted by molar-refractivity contribution is -0.111. The minimum Gasteiger partial charge on any atom is -0.324 e. The summed E-state index contributed by atoms with van der Waals surface area (Å²) < 4.78 is 15.1. The Morgan fingerprint density at radius 3 is 2.79 bits per heavy atom. The molecule has 0 unspecified atom stereocenters. The average Bonchev–Trinajstić information content (AvgIpc) is 3.18. The predicted octanol–water partition coefficient (Wildman–Crippen LogP) is 3.65. The topological polar surface area (TPSA) is 55.2 Å². The third-order valence-corrected chi connectivity index (χ3v) is 5.27. The number of aldehydes is 1. The maximum Gasteiger partial charge on any atom is 0.255 e. The number of amides is 1. The van der Waals surface area contributed by atoms with Crippen molar-refractivity contribution in [2.24, 2.45) is 7.05 Å². The van der Waals surface area contributed by atoms with Crippen molar-refractivity contribution in [3.63, 3.8) is 0 Å². The highest BCUT2D eigenvalue weighted by molar-refractivity contribution is 6.33. The van der Waals surface area contributed by atoms with E-state index in [1.165, 1.54) is 17.0 Å². The number of hydrogen-bond donors (Lipinski definition) is 0. The van der Waals surface area contributed by atoms with Crippen LogP contribution in [0.1, 0.15) is 21.5 Å². The van der Waals surface area contributed by atoms with Crippen LogP contribution in [0.2, 0.25) is 5.02 Å². The molecule has 0 bridgehead atoms. The Morgan fingerprint density at radius 1 is 1.29 bits per heavy atom. The third kappa shape index (κ3) is 3.20. The van der Waals surface area contributed by atoms with Gasteiger partial charge in [0, 0.05) is 24.7 Å². The minimum atomic E-state index is -0.662. The van der Waals surface area contributed by atoms with E-state index in [-0.39, 0.29) is 18.1 Å². The van der Waals surface area contributed by atoms with Gasteiger partial charge in [-0.25, -0.2) is 4.39 Å². The fourth-order valence-electron chi connectivity index (χ4n) is 3.63. The number of nitrogens with zero attached hydrogens (tertiary/aromatic N) is 3. The van der Waals surface area contributed by atoms with Gasteiger partial charge in [-0.1, -0.05) is 29.8 Å². The molecule has 0 saturated heterocycles. The van der Waals surface area contributed by atoms with Crippen molar-refractivity contribution in [3.05, 3.63) is 76.2 Å². The smallest absolute Gasteiger partial charge is 0.255 e. The minimum absolute atomic E-state index is 0.203. The Labute approximate surface area is 166 Å². The second-order valence-corrected chi connectivity index (χ2v) is 7.21. The number of rotatable bonds is 5. The quantitative estimate of drug-likeness (QED) is 0.617. The summed E-state index contributed by atoms with van der Waals surface area (Å²) in [5.41, 5.74) is 3.68. The van der Waals surface area contributed by atoms with Crippen LogP contribution < -0.4 is 0 Å². The molecule has 3 aromatic rings. The number of halogens is 2. The number of aryl methyl sites for hydroxylation is 1. The number of hydrogen-bond acceptors (Lipinski definition) is 3. The zero-order valence-electron chi connectivity index (χ0n) is 15.1. The van der Waals surface area contributed by atoms with Crippen LogP contribution in [0.15, 0.2) is 48.7 Å². The van der Waals surface area contributed by atoms with Gasteiger partial charge >= 0.3 is 0 Å². The Bertz CT molecular complexity index is 1060. The van der Waals surface area contributed by atoms with Crippen LogP contribution in [0.3, 0.4) is 0 Å². The second kappa shape index (κ2) is 7.20. The van der Waals surface area contributed by atoms with E-state index in [0.717, 1.165) is 23.1 Å². The second-order valence-electron chi connectivity index (χ2n) is 6.81. The molecule has 1 aromatic heterocycles. The van der Waals surface area contributed by atoms with Gasteiger partial charge in [0.15, 0.2) is 0 Å². The molecule has 4 rings (SSSR count). The Kier molecular flexibility index (Phi) is 4.73. The summed E-state index contributed by atoms with van der Waals surface area (Å²) >= 11 is 6.23. The predicted molar refractivity (Wildman–Crippen MR) is 103 cm³/mol. The summed E-state index contributed by atoms with van der Waals surface area (Å²) in [5, 5.41) is 4.67. The number of aromatic nitrogens is 2. The zero-order chi connectivity index (χ0) is 19.8. The van der Waals surface area contributed by atoms with Crippen LogP contribution >= 0.6 is 11.6 Å². The molecule has 142 valence electrons. The molecule has 7 heteroatoms. The maximum absolute atomic E-state index is 13.4. The van der Waals surface area contributed by atoms with Gasteiger partial charge < -0.3 is 9.69 Å². The molecule has 1 aliphatic heterocycles. The van der Waals surface area contributed by atoms with Crippen molar-refractivity contribution in [2.75, 3.05) is 0 Å². The highest BCUT2D eigenvalue weighted by Gasteiger charge is 2.33. The standard InChI is InChI=1S/C21H17ClFN3O2/c1-25-20(19(22)10-24-25)14-5-6-18-15(9-14)11-26(21(18)28)17(12-27)8-13-3-2-4-16(23)7-13/h2-7,9-10,12,17H,8,11H2,1H3/t17-/m0/s1. The molecule has 0 spiro atoms. The van der Waals surface area contributed by atoms with Crippen molar-refractivity contribution in [1.82, 2.24) is 14.7 Å². The highest BCUT2D eigenvalue weighted by Crippen LogP contribution is 2.32. The van der Waals surface area contributed by atoms with Gasteiger partial charge in [-0.2, -0.15) is 5.10 Å². The number of fused-ring (bicyclic) bond motifs is 1. The fourth-order valence-corrected chi connectivity index (χ4v) is 3.91. The molecule has 0 N–H and O–H groups in total. The van der Waals surface area contributed by atoms with Gasteiger partial charge in [-0.05, 0) is 41.8 Å². The molecule has 0 fully saturated rings. The summed E-state index contributed by atoms with van der Waals surface area (Å²) in [6, 6.07) is 10.9. The molecule has 0 saturated carbocycles. The first-order valence-corrected chi connectivity index (χ1v) is 9.17. The zero-order valence-corrected chi connectivity index (χ0v) is 15.9.